The summed E-state index contributed by atoms with van der Waals surface area (Å²) >= 11 is 6.55. The van der Waals surface area contributed by atoms with E-state index in [-0.39, 0.29) is 0 Å². The van der Waals surface area contributed by atoms with Gasteiger partial charge in [0.05, 0.1) is 0 Å². The van der Waals surface area contributed by atoms with Crippen molar-refractivity contribution >= 4 is 34.4 Å². The third-order valence-corrected chi connectivity index (χ3v) is 3.49. The zero-order chi connectivity index (χ0) is 11.5. The van der Waals surface area contributed by atoms with Crippen LogP contribution in [0.3, 0.4) is 0 Å². The molecule has 0 bridgehead atoms. The van der Waals surface area contributed by atoms with Crippen molar-refractivity contribution in [3.05, 3.63) is 33.8 Å². The molecule has 0 fully saturated rings. The Morgan fingerprint density at radius 3 is 2.75 bits per heavy atom. The van der Waals surface area contributed by atoms with E-state index in [2.05, 4.69) is 41.1 Å². The van der Waals surface area contributed by atoms with Crippen molar-refractivity contribution in [2.45, 2.75) is 13.8 Å². The molecule has 0 atom stereocenters. The number of para-hydroxylation sites is 1. The highest BCUT2D eigenvalue weighted by Gasteiger charge is 2.12. The minimum absolute atomic E-state index is 0.710. The molecule has 0 saturated carbocycles. The number of anilines is 2. The molecule has 84 valence electrons. The number of hydrogen-bond donors (Lipinski definition) is 1. The van der Waals surface area contributed by atoms with Crippen LogP contribution in [-0.2, 0) is 0 Å². The van der Waals surface area contributed by atoms with Crippen LogP contribution >= 0.6 is 23.6 Å². The lowest BCUT2D eigenvalue weighted by Crippen LogP contribution is -2.16. The molecule has 1 aromatic carbocycles. The van der Waals surface area contributed by atoms with Gasteiger partial charge >= 0.3 is 0 Å². The first-order valence-electron chi connectivity index (χ1n) is 5.11. The second kappa shape index (κ2) is 4.76. The molecule has 0 spiro atoms. The SMILES string of the molecule is CCN(c1n[nH]c(=S)s1)c1ccccc1C. The number of nitrogens with one attached hydrogen (secondary N) is 1. The van der Waals surface area contributed by atoms with Crippen LogP contribution in [0.15, 0.2) is 24.3 Å². The summed E-state index contributed by atoms with van der Waals surface area (Å²) in [4.78, 5) is 2.16. The summed E-state index contributed by atoms with van der Waals surface area (Å²) in [6.07, 6.45) is 0. The molecule has 0 aliphatic carbocycles. The van der Waals surface area contributed by atoms with E-state index < -0.39 is 0 Å². The van der Waals surface area contributed by atoms with Gasteiger partial charge in [-0.1, -0.05) is 29.5 Å². The maximum atomic E-state index is 5.06. The van der Waals surface area contributed by atoms with Gasteiger partial charge in [0.25, 0.3) is 0 Å². The molecule has 1 N–H and O–H groups in total. The Bertz CT molecular complexity index is 530. The number of benzene rings is 1. The van der Waals surface area contributed by atoms with Crippen LogP contribution < -0.4 is 4.90 Å². The summed E-state index contributed by atoms with van der Waals surface area (Å²) in [7, 11) is 0. The van der Waals surface area contributed by atoms with Gasteiger partial charge in [0.2, 0.25) is 5.13 Å². The summed E-state index contributed by atoms with van der Waals surface area (Å²) in [5, 5.41) is 7.95. The van der Waals surface area contributed by atoms with E-state index in [1.807, 2.05) is 12.1 Å². The van der Waals surface area contributed by atoms with Crippen LogP contribution in [0.25, 0.3) is 0 Å². The predicted molar refractivity (Wildman–Crippen MR) is 71.2 cm³/mol. The van der Waals surface area contributed by atoms with Crippen molar-refractivity contribution in [2.75, 3.05) is 11.4 Å². The molecule has 0 aliphatic heterocycles. The van der Waals surface area contributed by atoms with E-state index in [1.54, 1.807) is 0 Å². The monoisotopic (exact) mass is 251 g/mol. The van der Waals surface area contributed by atoms with Crippen molar-refractivity contribution in [1.29, 1.82) is 0 Å². The quantitative estimate of drug-likeness (QED) is 0.845. The van der Waals surface area contributed by atoms with Gasteiger partial charge in [-0.3, -0.25) is 5.10 Å². The smallest absolute Gasteiger partial charge is 0.211 e. The van der Waals surface area contributed by atoms with Crippen LogP contribution in [-0.4, -0.2) is 16.7 Å². The van der Waals surface area contributed by atoms with Crippen molar-refractivity contribution in [3.8, 4) is 0 Å². The maximum absolute atomic E-state index is 5.06. The van der Waals surface area contributed by atoms with E-state index in [0.717, 1.165) is 11.7 Å². The highest BCUT2D eigenvalue weighted by atomic mass is 32.1. The minimum atomic E-state index is 0.710. The molecular weight excluding hydrogens is 238 g/mol. The number of hydrogen-bond acceptors (Lipinski definition) is 4. The van der Waals surface area contributed by atoms with E-state index in [4.69, 9.17) is 12.2 Å². The zero-order valence-corrected chi connectivity index (χ0v) is 10.9. The van der Waals surface area contributed by atoms with Crippen LogP contribution in [0.5, 0.6) is 0 Å². The van der Waals surface area contributed by atoms with Gasteiger partial charge in [0.15, 0.2) is 3.95 Å². The molecule has 2 aromatic rings. The number of aromatic amines is 1. The van der Waals surface area contributed by atoms with E-state index in [9.17, 15) is 0 Å². The summed E-state index contributed by atoms with van der Waals surface area (Å²) in [5.41, 5.74) is 2.42. The lowest BCUT2D eigenvalue weighted by molar-refractivity contribution is 0.963. The molecule has 16 heavy (non-hydrogen) atoms. The first-order valence-corrected chi connectivity index (χ1v) is 6.33. The lowest BCUT2D eigenvalue weighted by atomic mass is 10.2. The van der Waals surface area contributed by atoms with Crippen LogP contribution in [0, 0.1) is 10.9 Å². The van der Waals surface area contributed by atoms with Crippen LogP contribution in [0.1, 0.15) is 12.5 Å². The minimum Gasteiger partial charge on any atom is -0.316 e. The van der Waals surface area contributed by atoms with Crippen molar-refractivity contribution < 1.29 is 0 Å². The topological polar surface area (TPSA) is 31.9 Å². The molecule has 1 heterocycles. The van der Waals surface area contributed by atoms with Crippen LogP contribution in [0.4, 0.5) is 10.8 Å². The fourth-order valence-corrected chi connectivity index (χ4v) is 2.57. The Hall–Kier alpha value is -1.20. The molecular formula is C11H13N3S2. The van der Waals surface area contributed by atoms with E-state index in [0.29, 0.717) is 3.95 Å². The molecule has 0 radical (unpaired) electrons. The number of aromatic nitrogens is 2. The number of aryl methyl sites for hydroxylation is 1. The van der Waals surface area contributed by atoms with Gasteiger partial charge in [-0.2, -0.15) is 0 Å². The Morgan fingerprint density at radius 1 is 1.44 bits per heavy atom. The Kier molecular flexibility index (Phi) is 3.36. The number of nitrogens with zero attached hydrogens (tertiary/aromatic N) is 2. The molecule has 0 aliphatic rings. The van der Waals surface area contributed by atoms with Gasteiger partial charge in [-0.15, -0.1) is 5.10 Å². The van der Waals surface area contributed by atoms with Gasteiger partial charge < -0.3 is 4.90 Å². The van der Waals surface area contributed by atoms with Crippen LogP contribution in [0.2, 0.25) is 0 Å². The van der Waals surface area contributed by atoms with E-state index in [1.165, 1.54) is 22.6 Å². The first-order chi connectivity index (χ1) is 7.72. The Balaban J connectivity index is 2.44. The normalized spacial score (nSPS) is 10.4. The summed E-state index contributed by atoms with van der Waals surface area (Å²) in [5.74, 6) is 0. The van der Waals surface area contributed by atoms with Gasteiger partial charge in [0, 0.05) is 12.2 Å². The highest BCUT2D eigenvalue weighted by molar-refractivity contribution is 7.73. The van der Waals surface area contributed by atoms with E-state index >= 15 is 0 Å². The number of H-pyrrole nitrogens is 1. The molecule has 0 saturated heterocycles. The Morgan fingerprint density at radius 2 is 2.19 bits per heavy atom. The van der Waals surface area contributed by atoms with Crippen molar-refractivity contribution in [3.63, 3.8) is 0 Å². The molecule has 5 heteroatoms. The highest BCUT2D eigenvalue weighted by Crippen LogP contribution is 2.28. The third-order valence-electron chi connectivity index (χ3n) is 2.38. The van der Waals surface area contributed by atoms with Crippen molar-refractivity contribution in [1.82, 2.24) is 10.2 Å². The summed E-state index contributed by atoms with van der Waals surface area (Å²) in [6.45, 7) is 5.09. The first kappa shape index (κ1) is 11.3. The second-order valence-corrected chi connectivity index (χ2v) is 5.07. The second-order valence-electron chi connectivity index (χ2n) is 3.43. The van der Waals surface area contributed by atoms with Gasteiger partial charge in [-0.25, -0.2) is 0 Å². The molecule has 0 amide bonds. The molecule has 3 nitrogen and oxygen atoms in total. The molecule has 2 rings (SSSR count). The molecule has 1 aromatic heterocycles. The standard InChI is InChI=1S/C11H13N3S2/c1-3-14(10-12-13-11(15)16-10)9-7-5-4-6-8(9)2/h4-7H,3H2,1-2H3,(H,13,15). The summed E-state index contributed by atoms with van der Waals surface area (Å²) in [6, 6.07) is 8.28. The van der Waals surface area contributed by atoms with Gasteiger partial charge in [0.1, 0.15) is 0 Å². The maximum Gasteiger partial charge on any atom is 0.211 e. The van der Waals surface area contributed by atoms with Crippen molar-refractivity contribution in [2.24, 2.45) is 0 Å². The lowest BCUT2D eigenvalue weighted by Gasteiger charge is -2.21. The van der Waals surface area contributed by atoms with Gasteiger partial charge in [-0.05, 0) is 37.7 Å². The fraction of sp³-hybridized carbons (Fsp3) is 0.273. The molecule has 0 unspecified atom stereocenters. The predicted octanol–water partition coefficient (Wildman–Crippen LogP) is 3.67. The number of rotatable bonds is 3. The largest absolute Gasteiger partial charge is 0.316 e. The average molecular weight is 251 g/mol. The fourth-order valence-electron chi connectivity index (χ4n) is 1.61. The zero-order valence-electron chi connectivity index (χ0n) is 9.23. The average Bonchev–Trinajstić information content (AvgIpc) is 2.69. The summed E-state index contributed by atoms with van der Waals surface area (Å²) < 4.78 is 0.710. The third kappa shape index (κ3) is 2.15. The Labute approximate surface area is 104 Å².